The maximum atomic E-state index is 12.0. The van der Waals surface area contributed by atoms with E-state index < -0.39 is 18.1 Å². The van der Waals surface area contributed by atoms with Gasteiger partial charge in [0.1, 0.15) is 6.04 Å². The Morgan fingerprint density at radius 3 is 2.06 bits per heavy atom. The standard InChI is InChI=1S/C23H29NO7/c1-27-17-10-6-8-15(21(17)30-4)20(24-11-7-9-16(24)23(25)26)14-12-18(28-2)22(31-5)19(13-14)29-3/h6,8,10,12-13,16,20H,7,9,11H2,1-5H3,(H,25,26). The second kappa shape index (κ2) is 9.78. The summed E-state index contributed by atoms with van der Waals surface area (Å²) in [4.78, 5) is 14.0. The highest BCUT2D eigenvalue weighted by atomic mass is 16.5. The first-order valence-electron chi connectivity index (χ1n) is 10.00. The average molecular weight is 431 g/mol. The van der Waals surface area contributed by atoms with Crippen molar-refractivity contribution in [2.45, 2.75) is 24.9 Å². The number of benzene rings is 2. The monoisotopic (exact) mass is 431 g/mol. The number of hydrogen-bond donors (Lipinski definition) is 1. The molecule has 1 saturated heterocycles. The lowest BCUT2D eigenvalue weighted by Crippen LogP contribution is -2.39. The molecule has 2 unspecified atom stereocenters. The topological polar surface area (TPSA) is 86.7 Å². The fourth-order valence-corrected chi connectivity index (χ4v) is 4.30. The van der Waals surface area contributed by atoms with Gasteiger partial charge in [0.15, 0.2) is 23.0 Å². The average Bonchev–Trinajstić information content (AvgIpc) is 3.27. The lowest BCUT2D eigenvalue weighted by molar-refractivity contribution is -0.142. The Labute approximate surface area is 182 Å². The number of carbonyl (C=O) groups is 1. The van der Waals surface area contributed by atoms with Gasteiger partial charge in [-0.2, -0.15) is 0 Å². The van der Waals surface area contributed by atoms with Crippen molar-refractivity contribution in [3.8, 4) is 28.7 Å². The molecule has 8 nitrogen and oxygen atoms in total. The van der Waals surface area contributed by atoms with Gasteiger partial charge in [0.05, 0.1) is 41.6 Å². The van der Waals surface area contributed by atoms with Gasteiger partial charge >= 0.3 is 5.97 Å². The van der Waals surface area contributed by atoms with Crippen LogP contribution in [0.25, 0.3) is 0 Å². The fraction of sp³-hybridized carbons (Fsp3) is 0.435. The van der Waals surface area contributed by atoms with Crippen molar-refractivity contribution in [3.05, 3.63) is 41.5 Å². The molecular formula is C23H29NO7. The third-order valence-electron chi connectivity index (χ3n) is 5.64. The number of carboxylic acid groups (broad SMARTS) is 1. The van der Waals surface area contributed by atoms with Crippen LogP contribution < -0.4 is 23.7 Å². The molecule has 2 aromatic rings. The predicted octanol–water partition coefficient (Wildman–Crippen LogP) is 3.37. The zero-order valence-electron chi connectivity index (χ0n) is 18.5. The molecule has 1 aliphatic rings. The molecule has 0 aliphatic carbocycles. The van der Waals surface area contributed by atoms with Crippen molar-refractivity contribution < 1.29 is 33.6 Å². The van der Waals surface area contributed by atoms with Gasteiger partial charge in [-0.15, -0.1) is 0 Å². The first kappa shape index (κ1) is 22.6. The van der Waals surface area contributed by atoms with Crippen molar-refractivity contribution in [2.75, 3.05) is 42.1 Å². The Bertz CT molecular complexity index is 905. The first-order chi connectivity index (χ1) is 15.0. The molecule has 1 N–H and O–H groups in total. The van der Waals surface area contributed by atoms with Crippen LogP contribution in [-0.4, -0.2) is 64.1 Å². The summed E-state index contributed by atoms with van der Waals surface area (Å²) in [6.07, 6.45) is 1.35. The molecule has 0 radical (unpaired) electrons. The highest BCUT2D eigenvalue weighted by Gasteiger charge is 2.39. The van der Waals surface area contributed by atoms with Gasteiger partial charge in [0.2, 0.25) is 5.75 Å². The SMILES string of the molecule is COc1cc(C(c2cccc(OC)c2OC)N2CCCC2C(=O)O)cc(OC)c1OC. The summed E-state index contributed by atoms with van der Waals surface area (Å²) in [6, 6.07) is 8.25. The van der Waals surface area contributed by atoms with Crippen LogP contribution in [0.5, 0.6) is 28.7 Å². The van der Waals surface area contributed by atoms with Crippen LogP contribution in [0, 0.1) is 0 Å². The van der Waals surface area contributed by atoms with Gasteiger partial charge in [0.25, 0.3) is 0 Å². The van der Waals surface area contributed by atoms with Crippen LogP contribution in [-0.2, 0) is 4.79 Å². The van der Waals surface area contributed by atoms with E-state index in [1.54, 1.807) is 35.5 Å². The number of nitrogens with zero attached hydrogens (tertiary/aromatic N) is 1. The van der Waals surface area contributed by atoms with Crippen LogP contribution in [0.3, 0.4) is 0 Å². The van der Waals surface area contributed by atoms with E-state index in [1.165, 1.54) is 0 Å². The molecule has 31 heavy (non-hydrogen) atoms. The lowest BCUT2D eigenvalue weighted by Gasteiger charge is -2.33. The van der Waals surface area contributed by atoms with Gasteiger partial charge in [-0.25, -0.2) is 0 Å². The molecule has 1 heterocycles. The largest absolute Gasteiger partial charge is 0.493 e. The highest BCUT2D eigenvalue weighted by Crippen LogP contribution is 2.47. The minimum atomic E-state index is -0.850. The zero-order chi connectivity index (χ0) is 22.5. The van der Waals surface area contributed by atoms with Crippen LogP contribution >= 0.6 is 0 Å². The fourth-order valence-electron chi connectivity index (χ4n) is 4.30. The number of ether oxygens (including phenoxy) is 5. The summed E-state index contributed by atoms with van der Waals surface area (Å²) in [6.45, 7) is 0.624. The quantitative estimate of drug-likeness (QED) is 0.647. The van der Waals surface area contributed by atoms with Crippen molar-refractivity contribution in [1.82, 2.24) is 4.90 Å². The smallest absolute Gasteiger partial charge is 0.320 e. The van der Waals surface area contributed by atoms with Crippen LogP contribution in [0.2, 0.25) is 0 Å². The van der Waals surface area contributed by atoms with E-state index in [2.05, 4.69) is 0 Å². The maximum Gasteiger partial charge on any atom is 0.320 e. The van der Waals surface area contributed by atoms with Gasteiger partial charge < -0.3 is 28.8 Å². The molecule has 0 amide bonds. The third kappa shape index (κ3) is 4.20. The molecule has 1 aliphatic heterocycles. The second-order valence-corrected chi connectivity index (χ2v) is 7.18. The minimum absolute atomic E-state index is 0.428. The number of para-hydroxylation sites is 1. The molecule has 1 fully saturated rings. The van der Waals surface area contributed by atoms with E-state index in [0.29, 0.717) is 41.7 Å². The summed E-state index contributed by atoms with van der Waals surface area (Å²) < 4.78 is 27.8. The van der Waals surface area contributed by atoms with E-state index in [1.807, 2.05) is 35.2 Å². The van der Waals surface area contributed by atoms with Crippen molar-refractivity contribution >= 4 is 5.97 Å². The van der Waals surface area contributed by atoms with Crippen LogP contribution in [0.15, 0.2) is 30.3 Å². The van der Waals surface area contributed by atoms with Gasteiger partial charge in [-0.1, -0.05) is 12.1 Å². The summed E-state index contributed by atoms with van der Waals surface area (Å²) in [7, 11) is 7.80. The van der Waals surface area contributed by atoms with Crippen LogP contribution in [0.1, 0.15) is 30.0 Å². The van der Waals surface area contributed by atoms with Gasteiger partial charge in [0, 0.05) is 12.1 Å². The summed E-state index contributed by atoms with van der Waals surface area (Å²) in [5.74, 6) is 1.74. The van der Waals surface area contributed by atoms with Crippen LogP contribution in [0.4, 0.5) is 0 Å². The number of aliphatic carboxylic acids is 1. The van der Waals surface area contributed by atoms with Gasteiger partial charge in [-0.05, 0) is 36.6 Å². The molecule has 0 spiro atoms. The number of likely N-dealkylation sites (tertiary alicyclic amines) is 1. The molecule has 3 rings (SSSR count). The Kier molecular flexibility index (Phi) is 7.12. The highest BCUT2D eigenvalue weighted by molar-refractivity contribution is 5.74. The number of rotatable bonds is 9. The van der Waals surface area contributed by atoms with Crippen molar-refractivity contribution in [2.24, 2.45) is 0 Å². The number of hydrogen-bond acceptors (Lipinski definition) is 7. The molecule has 2 aromatic carbocycles. The number of methoxy groups -OCH3 is 5. The van der Waals surface area contributed by atoms with E-state index in [0.717, 1.165) is 17.5 Å². The Morgan fingerprint density at radius 1 is 0.935 bits per heavy atom. The molecule has 8 heteroatoms. The van der Waals surface area contributed by atoms with Crippen molar-refractivity contribution in [3.63, 3.8) is 0 Å². The molecule has 2 atom stereocenters. The van der Waals surface area contributed by atoms with Crippen molar-refractivity contribution in [1.29, 1.82) is 0 Å². The molecule has 168 valence electrons. The summed E-state index contributed by atoms with van der Waals surface area (Å²) in [5, 5.41) is 9.87. The minimum Gasteiger partial charge on any atom is -0.493 e. The zero-order valence-corrected chi connectivity index (χ0v) is 18.5. The van der Waals surface area contributed by atoms with Gasteiger partial charge in [-0.3, -0.25) is 9.69 Å². The third-order valence-corrected chi connectivity index (χ3v) is 5.64. The predicted molar refractivity (Wildman–Crippen MR) is 115 cm³/mol. The summed E-state index contributed by atoms with van der Waals surface area (Å²) in [5.41, 5.74) is 1.60. The molecular weight excluding hydrogens is 402 g/mol. The normalized spacial score (nSPS) is 17.1. The Morgan fingerprint density at radius 2 is 1.55 bits per heavy atom. The Hall–Kier alpha value is -3.13. The number of carboxylic acids is 1. The van der Waals surface area contributed by atoms with E-state index in [-0.39, 0.29) is 0 Å². The lowest BCUT2D eigenvalue weighted by atomic mass is 9.94. The molecule has 0 bridgehead atoms. The first-order valence-corrected chi connectivity index (χ1v) is 10.00. The van der Waals surface area contributed by atoms with E-state index in [4.69, 9.17) is 23.7 Å². The summed E-state index contributed by atoms with van der Waals surface area (Å²) >= 11 is 0. The maximum absolute atomic E-state index is 12.0. The van der Waals surface area contributed by atoms with E-state index >= 15 is 0 Å². The molecule has 0 saturated carbocycles. The molecule has 0 aromatic heterocycles. The van der Waals surface area contributed by atoms with E-state index in [9.17, 15) is 9.90 Å². The Balaban J connectivity index is 2.27. The second-order valence-electron chi connectivity index (χ2n) is 7.18.